The minimum atomic E-state index is -4.08. The molecule has 21 heavy (non-hydrogen) atoms. The second-order valence-corrected chi connectivity index (χ2v) is 5.74. The van der Waals surface area contributed by atoms with Crippen molar-refractivity contribution in [2.45, 2.75) is 57.3 Å². The molecule has 1 saturated carbocycles. The van der Waals surface area contributed by atoms with Gasteiger partial charge in [-0.3, -0.25) is 0 Å². The van der Waals surface area contributed by atoms with Crippen LogP contribution in [0.1, 0.15) is 50.6 Å². The van der Waals surface area contributed by atoms with Gasteiger partial charge >= 0.3 is 6.18 Å². The van der Waals surface area contributed by atoms with Crippen LogP contribution in [0.3, 0.4) is 0 Å². The molecule has 0 amide bonds. The van der Waals surface area contributed by atoms with Crippen molar-refractivity contribution in [3.8, 4) is 0 Å². The highest BCUT2D eigenvalue weighted by molar-refractivity contribution is 5.21. The standard InChI is InChI=1S/C16H21F4N/c1-2-15(13-5-3-4-6-14(13)17)21-12-9-7-11(8-10-12)16(18,19)20/h3-6,11-12,15,21H,2,7-10H2,1H3. The minimum Gasteiger partial charge on any atom is -0.307 e. The Hall–Kier alpha value is -1.10. The zero-order chi connectivity index (χ0) is 15.5. The molecule has 1 unspecified atom stereocenters. The molecule has 0 saturated heterocycles. The lowest BCUT2D eigenvalue weighted by atomic mass is 9.85. The highest BCUT2D eigenvalue weighted by Gasteiger charge is 2.41. The van der Waals surface area contributed by atoms with E-state index in [1.54, 1.807) is 18.2 Å². The van der Waals surface area contributed by atoms with Crippen LogP contribution >= 0.6 is 0 Å². The Balaban J connectivity index is 1.94. The normalized spacial score (nSPS) is 24.8. The Morgan fingerprint density at radius 2 is 1.76 bits per heavy atom. The fraction of sp³-hybridized carbons (Fsp3) is 0.625. The average molecular weight is 303 g/mol. The fourth-order valence-electron chi connectivity index (χ4n) is 3.06. The zero-order valence-electron chi connectivity index (χ0n) is 12.1. The fourth-order valence-corrected chi connectivity index (χ4v) is 3.06. The molecule has 1 fully saturated rings. The van der Waals surface area contributed by atoms with Gasteiger partial charge in [-0.15, -0.1) is 0 Å². The van der Waals surface area contributed by atoms with Crippen LogP contribution in [0.25, 0.3) is 0 Å². The molecule has 2 rings (SSSR count). The third-order valence-corrected chi connectivity index (χ3v) is 4.32. The highest BCUT2D eigenvalue weighted by Crippen LogP contribution is 2.38. The maximum Gasteiger partial charge on any atom is 0.391 e. The third-order valence-electron chi connectivity index (χ3n) is 4.32. The molecule has 1 aromatic rings. The van der Waals surface area contributed by atoms with Crippen molar-refractivity contribution < 1.29 is 17.6 Å². The summed E-state index contributed by atoms with van der Waals surface area (Å²) < 4.78 is 51.7. The van der Waals surface area contributed by atoms with Gasteiger partial charge in [-0.1, -0.05) is 25.1 Å². The van der Waals surface area contributed by atoms with Crippen LogP contribution in [-0.2, 0) is 0 Å². The first-order chi connectivity index (χ1) is 9.91. The Morgan fingerprint density at radius 1 is 1.14 bits per heavy atom. The van der Waals surface area contributed by atoms with Crippen LogP contribution in [0.5, 0.6) is 0 Å². The Kier molecular flexibility index (Phi) is 5.25. The molecule has 1 nitrogen and oxygen atoms in total. The summed E-state index contributed by atoms with van der Waals surface area (Å²) in [6.45, 7) is 1.95. The number of halogens is 4. The molecule has 118 valence electrons. The van der Waals surface area contributed by atoms with E-state index in [0.717, 1.165) is 0 Å². The van der Waals surface area contributed by atoms with Crippen LogP contribution < -0.4 is 5.32 Å². The summed E-state index contributed by atoms with van der Waals surface area (Å²) in [6, 6.07) is 6.47. The molecule has 0 radical (unpaired) electrons. The third kappa shape index (κ3) is 4.19. The highest BCUT2D eigenvalue weighted by atomic mass is 19.4. The van der Waals surface area contributed by atoms with Crippen LogP contribution in [-0.4, -0.2) is 12.2 Å². The SMILES string of the molecule is CCC(NC1CCC(C(F)(F)F)CC1)c1ccccc1F. The van der Waals surface area contributed by atoms with Gasteiger partial charge in [0.2, 0.25) is 0 Å². The van der Waals surface area contributed by atoms with Crippen molar-refractivity contribution in [1.82, 2.24) is 5.32 Å². The predicted octanol–water partition coefficient (Wildman–Crippen LogP) is 4.99. The quantitative estimate of drug-likeness (QED) is 0.773. The predicted molar refractivity (Wildman–Crippen MR) is 74.4 cm³/mol. The van der Waals surface area contributed by atoms with E-state index < -0.39 is 12.1 Å². The number of nitrogens with one attached hydrogen (secondary N) is 1. The first kappa shape index (κ1) is 16.3. The lowest BCUT2D eigenvalue weighted by molar-refractivity contribution is -0.182. The van der Waals surface area contributed by atoms with Gasteiger partial charge in [0.15, 0.2) is 0 Å². The molecule has 0 aliphatic heterocycles. The summed E-state index contributed by atoms with van der Waals surface area (Å²) >= 11 is 0. The van der Waals surface area contributed by atoms with Crippen molar-refractivity contribution >= 4 is 0 Å². The maximum atomic E-state index is 13.8. The number of benzene rings is 1. The molecule has 0 bridgehead atoms. The molecule has 1 aliphatic rings. The Morgan fingerprint density at radius 3 is 2.29 bits per heavy atom. The van der Waals surface area contributed by atoms with Crippen LogP contribution in [0.4, 0.5) is 17.6 Å². The van der Waals surface area contributed by atoms with Gasteiger partial charge in [0, 0.05) is 17.6 Å². The average Bonchev–Trinajstić information content (AvgIpc) is 2.45. The van der Waals surface area contributed by atoms with Crippen molar-refractivity contribution in [2.75, 3.05) is 0 Å². The second kappa shape index (κ2) is 6.77. The number of rotatable bonds is 4. The van der Waals surface area contributed by atoms with E-state index in [4.69, 9.17) is 0 Å². The zero-order valence-corrected chi connectivity index (χ0v) is 12.1. The molecular weight excluding hydrogens is 282 g/mol. The van der Waals surface area contributed by atoms with Gasteiger partial charge in [0.1, 0.15) is 5.82 Å². The molecule has 0 spiro atoms. The molecule has 0 heterocycles. The van der Waals surface area contributed by atoms with Crippen LogP contribution in [0.2, 0.25) is 0 Å². The lowest BCUT2D eigenvalue weighted by Crippen LogP contribution is -2.38. The van der Waals surface area contributed by atoms with E-state index in [-0.39, 0.29) is 30.7 Å². The van der Waals surface area contributed by atoms with Crippen molar-refractivity contribution in [1.29, 1.82) is 0 Å². The largest absolute Gasteiger partial charge is 0.391 e. The molecule has 1 aliphatic carbocycles. The van der Waals surface area contributed by atoms with Crippen molar-refractivity contribution in [3.63, 3.8) is 0 Å². The van der Waals surface area contributed by atoms with E-state index in [0.29, 0.717) is 24.8 Å². The first-order valence-corrected chi connectivity index (χ1v) is 7.49. The van der Waals surface area contributed by atoms with Gasteiger partial charge in [-0.25, -0.2) is 4.39 Å². The van der Waals surface area contributed by atoms with Gasteiger partial charge < -0.3 is 5.32 Å². The number of hydrogen-bond acceptors (Lipinski definition) is 1. The minimum absolute atomic E-state index is 0.0353. The lowest BCUT2D eigenvalue weighted by Gasteiger charge is -2.33. The van der Waals surface area contributed by atoms with Crippen molar-refractivity contribution in [3.05, 3.63) is 35.6 Å². The molecule has 0 aromatic heterocycles. The van der Waals surface area contributed by atoms with E-state index in [9.17, 15) is 17.6 Å². The summed E-state index contributed by atoms with van der Waals surface area (Å²) in [5.41, 5.74) is 0.595. The molecule has 1 N–H and O–H groups in total. The van der Waals surface area contributed by atoms with Crippen LogP contribution in [0.15, 0.2) is 24.3 Å². The maximum absolute atomic E-state index is 13.8. The second-order valence-electron chi connectivity index (χ2n) is 5.74. The summed E-state index contributed by atoms with van der Waals surface area (Å²) in [6.07, 6.45) is -2.06. The topological polar surface area (TPSA) is 12.0 Å². The summed E-state index contributed by atoms with van der Waals surface area (Å²) in [5, 5.41) is 3.33. The van der Waals surface area contributed by atoms with Gasteiger partial charge in [-0.05, 0) is 38.2 Å². The number of alkyl halides is 3. The summed E-state index contributed by atoms with van der Waals surface area (Å²) in [4.78, 5) is 0. The van der Waals surface area contributed by atoms with Crippen LogP contribution in [0, 0.1) is 11.7 Å². The van der Waals surface area contributed by atoms with E-state index in [2.05, 4.69) is 5.32 Å². The molecule has 5 heteroatoms. The van der Waals surface area contributed by atoms with Gasteiger partial charge in [0.05, 0.1) is 5.92 Å². The molecule has 1 aromatic carbocycles. The monoisotopic (exact) mass is 303 g/mol. The van der Waals surface area contributed by atoms with Gasteiger partial charge in [-0.2, -0.15) is 13.2 Å². The Bertz CT molecular complexity index is 450. The van der Waals surface area contributed by atoms with E-state index >= 15 is 0 Å². The number of hydrogen-bond donors (Lipinski definition) is 1. The summed E-state index contributed by atoms with van der Waals surface area (Å²) in [5.74, 6) is -1.44. The smallest absolute Gasteiger partial charge is 0.307 e. The molecule has 1 atom stereocenters. The van der Waals surface area contributed by atoms with E-state index in [1.807, 2.05) is 6.92 Å². The summed E-state index contributed by atoms with van der Waals surface area (Å²) in [7, 11) is 0. The van der Waals surface area contributed by atoms with Crippen molar-refractivity contribution in [2.24, 2.45) is 5.92 Å². The Labute approximate surface area is 122 Å². The van der Waals surface area contributed by atoms with Gasteiger partial charge in [0.25, 0.3) is 0 Å². The molecular formula is C16H21F4N. The van der Waals surface area contributed by atoms with E-state index in [1.165, 1.54) is 6.07 Å². The first-order valence-electron chi connectivity index (χ1n) is 7.49.